The zero-order valence-electron chi connectivity index (χ0n) is 15.0. The van der Waals surface area contributed by atoms with Crippen molar-refractivity contribution >= 4 is 11.7 Å². The number of amides is 1. The molecular formula is C19H24N4O3. The molecule has 1 saturated heterocycles. The van der Waals surface area contributed by atoms with Crippen LogP contribution in [-0.2, 0) is 9.47 Å². The summed E-state index contributed by atoms with van der Waals surface area (Å²) in [4.78, 5) is 23.8. The van der Waals surface area contributed by atoms with Crippen molar-refractivity contribution in [3.05, 3.63) is 42.1 Å². The van der Waals surface area contributed by atoms with E-state index in [2.05, 4.69) is 20.2 Å². The van der Waals surface area contributed by atoms with Gasteiger partial charge in [0, 0.05) is 45.0 Å². The van der Waals surface area contributed by atoms with Crippen LogP contribution in [0.5, 0.6) is 0 Å². The molecule has 0 atom stereocenters. The van der Waals surface area contributed by atoms with Gasteiger partial charge in [-0.25, -0.2) is 9.97 Å². The molecule has 1 amide bonds. The predicted octanol–water partition coefficient (Wildman–Crippen LogP) is 1.75. The number of morpholine rings is 1. The Morgan fingerprint density at radius 2 is 2.00 bits per heavy atom. The van der Waals surface area contributed by atoms with Gasteiger partial charge in [0.05, 0.1) is 13.2 Å². The Bertz CT molecular complexity index is 718. The number of carbonyl (C=O) groups excluding carboxylic acids is 1. The Morgan fingerprint density at radius 1 is 1.23 bits per heavy atom. The monoisotopic (exact) mass is 356 g/mol. The van der Waals surface area contributed by atoms with Gasteiger partial charge in [0.15, 0.2) is 5.82 Å². The third-order valence-corrected chi connectivity index (χ3v) is 4.12. The molecule has 26 heavy (non-hydrogen) atoms. The minimum Gasteiger partial charge on any atom is -0.385 e. The highest BCUT2D eigenvalue weighted by atomic mass is 16.5. The van der Waals surface area contributed by atoms with Crippen molar-refractivity contribution in [1.29, 1.82) is 0 Å². The van der Waals surface area contributed by atoms with Gasteiger partial charge in [-0.15, -0.1) is 0 Å². The highest BCUT2D eigenvalue weighted by Gasteiger charge is 2.18. The topological polar surface area (TPSA) is 76.6 Å². The molecule has 1 fully saturated rings. The summed E-state index contributed by atoms with van der Waals surface area (Å²) in [6, 6.07) is 11.5. The van der Waals surface area contributed by atoms with Gasteiger partial charge >= 0.3 is 0 Å². The number of hydrogen-bond donors (Lipinski definition) is 1. The smallest absolute Gasteiger partial charge is 0.270 e. The van der Waals surface area contributed by atoms with Crippen LogP contribution in [0.25, 0.3) is 11.4 Å². The lowest BCUT2D eigenvalue weighted by molar-refractivity contribution is 0.0943. The lowest BCUT2D eigenvalue weighted by atomic mass is 10.2. The summed E-state index contributed by atoms with van der Waals surface area (Å²) in [7, 11) is 1.65. The number of nitrogens with one attached hydrogen (secondary N) is 1. The molecule has 1 aliphatic rings. The van der Waals surface area contributed by atoms with Crippen molar-refractivity contribution in [3.8, 4) is 11.4 Å². The first-order valence-electron chi connectivity index (χ1n) is 8.82. The minimum atomic E-state index is -0.199. The molecule has 1 N–H and O–H groups in total. The van der Waals surface area contributed by atoms with Crippen LogP contribution < -0.4 is 10.2 Å². The fourth-order valence-electron chi connectivity index (χ4n) is 2.73. The van der Waals surface area contributed by atoms with Crippen LogP contribution >= 0.6 is 0 Å². The van der Waals surface area contributed by atoms with E-state index in [0.29, 0.717) is 37.9 Å². The molecule has 0 saturated carbocycles. The van der Waals surface area contributed by atoms with Crippen molar-refractivity contribution in [1.82, 2.24) is 15.3 Å². The average Bonchev–Trinajstić information content (AvgIpc) is 2.72. The number of methoxy groups -OCH3 is 1. The third-order valence-electron chi connectivity index (χ3n) is 4.12. The number of carbonyl (C=O) groups is 1. The summed E-state index contributed by atoms with van der Waals surface area (Å²) < 4.78 is 10.4. The first-order chi connectivity index (χ1) is 12.8. The summed E-state index contributed by atoms with van der Waals surface area (Å²) in [5.41, 5.74) is 1.26. The van der Waals surface area contributed by atoms with Crippen molar-refractivity contribution in [2.24, 2.45) is 0 Å². The van der Waals surface area contributed by atoms with E-state index in [1.807, 2.05) is 30.3 Å². The number of aromatic nitrogens is 2. The Morgan fingerprint density at radius 3 is 2.73 bits per heavy atom. The lowest BCUT2D eigenvalue weighted by Gasteiger charge is -2.28. The molecular weight excluding hydrogens is 332 g/mol. The van der Waals surface area contributed by atoms with E-state index in [1.165, 1.54) is 0 Å². The zero-order valence-corrected chi connectivity index (χ0v) is 15.0. The van der Waals surface area contributed by atoms with Gasteiger partial charge in [-0.2, -0.15) is 0 Å². The Hall–Kier alpha value is -2.51. The van der Waals surface area contributed by atoms with E-state index in [1.54, 1.807) is 13.2 Å². The van der Waals surface area contributed by atoms with Gasteiger partial charge < -0.3 is 19.7 Å². The SMILES string of the molecule is COCCCNC(=O)c1cc(N2CCOCC2)nc(-c2ccccc2)n1. The van der Waals surface area contributed by atoms with Crippen molar-refractivity contribution < 1.29 is 14.3 Å². The maximum absolute atomic E-state index is 12.5. The van der Waals surface area contributed by atoms with Gasteiger partial charge in [0.1, 0.15) is 11.5 Å². The molecule has 7 heteroatoms. The summed E-state index contributed by atoms with van der Waals surface area (Å²) in [6.45, 7) is 3.97. The summed E-state index contributed by atoms with van der Waals surface area (Å²) >= 11 is 0. The number of anilines is 1. The van der Waals surface area contributed by atoms with Gasteiger partial charge in [-0.1, -0.05) is 30.3 Å². The molecule has 1 aromatic carbocycles. The van der Waals surface area contributed by atoms with Gasteiger partial charge in [-0.05, 0) is 6.42 Å². The lowest BCUT2D eigenvalue weighted by Crippen LogP contribution is -2.37. The summed E-state index contributed by atoms with van der Waals surface area (Å²) in [6.07, 6.45) is 0.759. The second kappa shape index (κ2) is 9.26. The van der Waals surface area contributed by atoms with E-state index in [9.17, 15) is 4.79 Å². The van der Waals surface area contributed by atoms with Crippen molar-refractivity contribution in [2.45, 2.75) is 6.42 Å². The second-order valence-electron chi connectivity index (χ2n) is 6.00. The quantitative estimate of drug-likeness (QED) is 0.762. The average molecular weight is 356 g/mol. The maximum atomic E-state index is 12.5. The Balaban J connectivity index is 1.86. The van der Waals surface area contributed by atoms with E-state index < -0.39 is 0 Å². The summed E-state index contributed by atoms with van der Waals surface area (Å²) in [5, 5.41) is 2.89. The van der Waals surface area contributed by atoms with Crippen LogP contribution in [-0.4, -0.2) is 62.4 Å². The first kappa shape index (κ1) is 18.3. The maximum Gasteiger partial charge on any atom is 0.270 e. The zero-order chi connectivity index (χ0) is 18.2. The van der Waals surface area contributed by atoms with Crippen LogP contribution in [0.4, 0.5) is 5.82 Å². The van der Waals surface area contributed by atoms with Gasteiger partial charge in [-0.3, -0.25) is 4.79 Å². The number of rotatable bonds is 7. The minimum absolute atomic E-state index is 0.199. The van der Waals surface area contributed by atoms with Crippen LogP contribution in [0.3, 0.4) is 0 Å². The molecule has 3 rings (SSSR count). The molecule has 0 spiro atoms. The highest BCUT2D eigenvalue weighted by Crippen LogP contribution is 2.21. The van der Waals surface area contributed by atoms with E-state index in [4.69, 9.17) is 9.47 Å². The highest BCUT2D eigenvalue weighted by molar-refractivity contribution is 5.93. The van der Waals surface area contributed by atoms with E-state index >= 15 is 0 Å². The van der Waals surface area contributed by atoms with Crippen molar-refractivity contribution in [3.63, 3.8) is 0 Å². The van der Waals surface area contributed by atoms with Gasteiger partial charge in [0.25, 0.3) is 5.91 Å². The molecule has 0 aliphatic carbocycles. The molecule has 7 nitrogen and oxygen atoms in total. The number of benzene rings is 1. The van der Waals surface area contributed by atoms with Gasteiger partial charge in [0.2, 0.25) is 0 Å². The molecule has 2 heterocycles. The van der Waals surface area contributed by atoms with Crippen LogP contribution in [0, 0.1) is 0 Å². The largest absolute Gasteiger partial charge is 0.385 e. The second-order valence-corrected chi connectivity index (χ2v) is 6.00. The molecule has 0 radical (unpaired) electrons. The Labute approximate surface area is 153 Å². The molecule has 0 bridgehead atoms. The normalized spacial score (nSPS) is 14.3. The van der Waals surface area contributed by atoms with Crippen LogP contribution in [0.15, 0.2) is 36.4 Å². The third kappa shape index (κ3) is 4.77. The molecule has 1 aliphatic heterocycles. The first-order valence-corrected chi connectivity index (χ1v) is 8.82. The van der Waals surface area contributed by atoms with Crippen LogP contribution in [0.2, 0.25) is 0 Å². The number of nitrogens with zero attached hydrogens (tertiary/aromatic N) is 3. The Kier molecular flexibility index (Phi) is 6.51. The molecule has 1 aromatic heterocycles. The fourth-order valence-corrected chi connectivity index (χ4v) is 2.73. The molecule has 138 valence electrons. The molecule has 2 aromatic rings. The summed E-state index contributed by atoms with van der Waals surface area (Å²) in [5.74, 6) is 1.11. The molecule has 0 unspecified atom stereocenters. The fraction of sp³-hybridized carbons (Fsp3) is 0.421. The van der Waals surface area contributed by atoms with E-state index in [-0.39, 0.29) is 5.91 Å². The number of hydrogen-bond acceptors (Lipinski definition) is 6. The van der Waals surface area contributed by atoms with E-state index in [0.717, 1.165) is 30.9 Å². The van der Waals surface area contributed by atoms with Crippen LogP contribution in [0.1, 0.15) is 16.9 Å². The predicted molar refractivity (Wildman–Crippen MR) is 99.3 cm³/mol. The number of ether oxygens (including phenoxy) is 2. The standard InChI is InChI=1S/C19H24N4O3/c1-25-11-5-8-20-19(24)16-14-17(23-9-12-26-13-10-23)22-18(21-16)15-6-3-2-4-7-15/h2-4,6-7,14H,5,8-13H2,1H3,(H,20,24). The van der Waals surface area contributed by atoms with Crippen molar-refractivity contribution in [2.75, 3.05) is 51.5 Å².